The second-order valence-corrected chi connectivity index (χ2v) is 2.66. The summed E-state index contributed by atoms with van der Waals surface area (Å²) in [5, 5.41) is 0. The van der Waals surface area contributed by atoms with E-state index in [0.29, 0.717) is 22.7 Å². The fourth-order valence-corrected chi connectivity index (χ4v) is 1.12. The normalized spacial score (nSPS) is 9.57. The van der Waals surface area contributed by atoms with Gasteiger partial charge in [0.25, 0.3) is 5.91 Å². The lowest BCUT2D eigenvalue weighted by molar-refractivity contribution is 0.0953. The predicted octanol–water partition coefficient (Wildman–Crippen LogP) is -0.537. The lowest BCUT2D eigenvalue weighted by atomic mass is 10.1. The van der Waals surface area contributed by atoms with Gasteiger partial charge < -0.3 is 16.2 Å². The van der Waals surface area contributed by atoms with Gasteiger partial charge in [0.05, 0.1) is 18.5 Å². The molecule has 0 saturated heterocycles. The average molecular weight is 196 g/mol. The van der Waals surface area contributed by atoms with E-state index < -0.39 is 5.91 Å². The highest BCUT2D eigenvalue weighted by molar-refractivity contribution is 5.96. The van der Waals surface area contributed by atoms with Gasteiger partial charge in [-0.15, -0.1) is 0 Å². The highest BCUT2D eigenvalue weighted by Crippen LogP contribution is 2.29. The second-order valence-electron chi connectivity index (χ2n) is 2.66. The van der Waals surface area contributed by atoms with E-state index in [0.717, 1.165) is 0 Å². The number of benzene rings is 1. The molecule has 0 radical (unpaired) electrons. The van der Waals surface area contributed by atoms with Gasteiger partial charge in [0.15, 0.2) is 5.75 Å². The Morgan fingerprint density at radius 1 is 1.36 bits per heavy atom. The van der Waals surface area contributed by atoms with E-state index in [1.54, 1.807) is 0 Å². The van der Waals surface area contributed by atoms with Gasteiger partial charge in [0.2, 0.25) is 0 Å². The Labute approximate surface area is 81.0 Å². The summed E-state index contributed by atoms with van der Waals surface area (Å²) in [6.07, 6.45) is 0. The summed E-state index contributed by atoms with van der Waals surface area (Å²) in [6.45, 7) is 0. The highest BCUT2D eigenvalue weighted by Gasteiger charge is 2.10. The first-order chi connectivity index (χ1) is 6.60. The Morgan fingerprint density at radius 2 is 1.86 bits per heavy atom. The van der Waals surface area contributed by atoms with E-state index in [1.165, 1.54) is 19.2 Å². The number of carbonyl (C=O) groups is 1. The van der Waals surface area contributed by atoms with E-state index in [2.05, 4.69) is 0 Å². The molecular formula is C8H12N4O2. The highest BCUT2D eigenvalue weighted by atomic mass is 16.5. The number of hydrogen-bond acceptors (Lipinski definition) is 5. The molecule has 0 aromatic heterocycles. The maximum absolute atomic E-state index is 11.1. The summed E-state index contributed by atoms with van der Waals surface area (Å²) in [4.78, 5) is 11.1. The third-order valence-electron chi connectivity index (χ3n) is 1.74. The minimum atomic E-state index is -0.453. The Morgan fingerprint density at radius 3 is 2.21 bits per heavy atom. The van der Waals surface area contributed by atoms with Crippen LogP contribution in [0, 0.1) is 0 Å². The van der Waals surface area contributed by atoms with E-state index in [1.807, 2.05) is 5.43 Å². The van der Waals surface area contributed by atoms with Crippen LogP contribution >= 0.6 is 0 Å². The molecule has 6 nitrogen and oxygen atoms in total. The van der Waals surface area contributed by atoms with E-state index in [-0.39, 0.29) is 0 Å². The largest absolute Gasteiger partial charge is 0.492 e. The Bertz CT molecular complexity index is 341. The number of carbonyl (C=O) groups excluding carboxylic acids is 1. The lowest BCUT2D eigenvalue weighted by Crippen LogP contribution is -2.30. The summed E-state index contributed by atoms with van der Waals surface area (Å²) >= 11 is 0. The first kappa shape index (κ1) is 10.1. The topological polar surface area (TPSA) is 116 Å². The van der Waals surface area contributed by atoms with Crippen LogP contribution in [0.3, 0.4) is 0 Å². The molecule has 0 atom stereocenters. The van der Waals surface area contributed by atoms with E-state index in [9.17, 15) is 4.79 Å². The molecule has 1 rings (SSSR count). The summed E-state index contributed by atoms with van der Waals surface area (Å²) in [5.41, 5.74) is 14.1. The van der Waals surface area contributed by atoms with Crippen LogP contribution < -0.4 is 27.5 Å². The Balaban J connectivity index is 3.20. The molecule has 0 saturated carbocycles. The zero-order valence-electron chi connectivity index (χ0n) is 7.70. The molecule has 7 N–H and O–H groups in total. The number of methoxy groups -OCH3 is 1. The van der Waals surface area contributed by atoms with Crippen LogP contribution in [0.2, 0.25) is 0 Å². The molecule has 0 fully saturated rings. The molecule has 0 heterocycles. The molecule has 0 bridgehead atoms. The van der Waals surface area contributed by atoms with E-state index in [4.69, 9.17) is 22.0 Å². The third-order valence-corrected chi connectivity index (χ3v) is 1.74. The second kappa shape index (κ2) is 3.84. The number of amides is 1. The number of hydrogen-bond donors (Lipinski definition) is 4. The number of rotatable bonds is 2. The summed E-state index contributed by atoms with van der Waals surface area (Å²) in [7, 11) is 1.45. The van der Waals surface area contributed by atoms with Gasteiger partial charge in [0.1, 0.15) is 0 Å². The number of nitrogens with two attached hydrogens (primary N) is 3. The van der Waals surface area contributed by atoms with Crippen molar-refractivity contribution in [1.29, 1.82) is 0 Å². The predicted molar refractivity (Wildman–Crippen MR) is 53.5 cm³/mol. The molecule has 0 unspecified atom stereocenters. The first-order valence-electron chi connectivity index (χ1n) is 3.84. The SMILES string of the molecule is COc1c(N)cc(C(=O)NN)cc1N. The quantitative estimate of drug-likeness (QED) is 0.219. The average Bonchev–Trinajstić information content (AvgIpc) is 2.16. The summed E-state index contributed by atoms with van der Waals surface area (Å²) < 4.78 is 4.93. The monoisotopic (exact) mass is 196 g/mol. The van der Waals surface area contributed by atoms with Crippen molar-refractivity contribution in [2.45, 2.75) is 0 Å². The van der Waals surface area contributed by atoms with Gasteiger partial charge in [0, 0.05) is 5.56 Å². The van der Waals surface area contributed by atoms with Crippen molar-refractivity contribution in [1.82, 2.24) is 5.43 Å². The maximum atomic E-state index is 11.1. The minimum Gasteiger partial charge on any atom is -0.492 e. The molecule has 0 aliphatic carbocycles. The lowest BCUT2D eigenvalue weighted by Gasteiger charge is -2.09. The van der Waals surface area contributed by atoms with Crippen LogP contribution in [0.25, 0.3) is 0 Å². The zero-order chi connectivity index (χ0) is 10.7. The standard InChI is InChI=1S/C8H12N4O2/c1-14-7-5(9)2-4(3-6(7)10)8(13)12-11/h2-3H,9-11H2,1H3,(H,12,13). The van der Waals surface area contributed by atoms with Crippen molar-refractivity contribution in [2.24, 2.45) is 5.84 Å². The molecule has 14 heavy (non-hydrogen) atoms. The van der Waals surface area contributed by atoms with Crippen molar-refractivity contribution < 1.29 is 9.53 Å². The fraction of sp³-hybridized carbons (Fsp3) is 0.125. The van der Waals surface area contributed by atoms with Gasteiger partial charge in [-0.25, -0.2) is 5.84 Å². The van der Waals surface area contributed by atoms with Crippen LogP contribution in [0.1, 0.15) is 10.4 Å². The van der Waals surface area contributed by atoms with Crippen LogP contribution in [0.5, 0.6) is 5.75 Å². The molecule has 6 heteroatoms. The third kappa shape index (κ3) is 1.69. The number of anilines is 2. The Hall–Kier alpha value is -1.95. The smallest absolute Gasteiger partial charge is 0.265 e. The molecule has 1 aromatic rings. The number of nitrogens with one attached hydrogen (secondary N) is 1. The number of ether oxygens (including phenoxy) is 1. The van der Waals surface area contributed by atoms with Crippen LogP contribution in [-0.2, 0) is 0 Å². The van der Waals surface area contributed by atoms with Crippen molar-refractivity contribution in [2.75, 3.05) is 18.6 Å². The Kier molecular flexibility index (Phi) is 2.78. The first-order valence-corrected chi connectivity index (χ1v) is 3.84. The molecule has 1 aromatic carbocycles. The van der Waals surface area contributed by atoms with Gasteiger partial charge in [-0.1, -0.05) is 0 Å². The van der Waals surface area contributed by atoms with Crippen molar-refractivity contribution >= 4 is 17.3 Å². The molecule has 0 aliphatic heterocycles. The van der Waals surface area contributed by atoms with Gasteiger partial charge in [-0.3, -0.25) is 10.2 Å². The minimum absolute atomic E-state index is 0.295. The summed E-state index contributed by atoms with van der Waals surface area (Å²) in [5.74, 6) is 4.87. The van der Waals surface area contributed by atoms with Crippen LogP contribution in [0.15, 0.2) is 12.1 Å². The van der Waals surface area contributed by atoms with Crippen molar-refractivity contribution in [3.05, 3.63) is 17.7 Å². The zero-order valence-corrected chi connectivity index (χ0v) is 7.70. The fourth-order valence-electron chi connectivity index (χ4n) is 1.12. The maximum Gasteiger partial charge on any atom is 0.265 e. The molecule has 0 spiro atoms. The van der Waals surface area contributed by atoms with Crippen molar-refractivity contribution in [3.8, 4) is 5.75 Å². The molecule has 0 aliphatic rings. The van der Waals surface area contributed by atoms with Crippen LogP contribution in [-0.4, -0.2) is 13.0 Å². The van der Waals surface area contributed by atoms with Gasteiger partial charge in [-0.2, -0.15) is 0 Å². The molecular weight excluding hydrogens is 184 g/mol. The summed E-state index contributed by atoms with van der Waals surface area (Å²) in [6, 6.07) is 2.88. The van der Waals surface area contributed by atoms with Crippen LogP contribution in [0.4, 0.5) is 11.4 Å². The number of hydrazine groups is 1. The molecule has 76 valence electrons. The van der Waals surface area contributed by atoms with Crippen molar-refractivity contribution in [3.63, 3.8) is 0 Å². The van der Waals surface area contributed by atoms with Gasteiger partial charge in [-0.05, 0) is 12.1 Å². The number of nitrogen functional groups attached to an aromatic ring is 3. The van der Waals surface area contributed by atoms with E-state index >= 15 is 0 Å². The van der Waals surface area contributed by atoms with Gasteiger partial charge >= 0.3 is 0 Å². The molecule has 1 amide bonds.